The van der Waals surface area contributed by atoms with Gasteiger partial charge >= 0.3 is 6.03 Å². The molecule has 0 heterocycles. The van der Waals surface area contributed by atoms with Crippen LogP contribution in [0.15, 0.2) is 0 Å². The average molecular weight is 335 g/mol. The molecule has 0 aromatic carbocycles. The van der Waals surface area contributed by atoms with Crippen molar-refractivity contribution >= 4 is 6.03 Å². The van der Waals surface area contributed by atoms with E-state index in [1.165, 1.54) is 38.5 Å². The van der Waals surface area contributed by atoms with Crippen LogP contribution in [-0.2, 0) is 0 Å². The lowest BCUT2D eigenvalue weighted by Gasteiger charge is -2.57. The van der Waals surface area contributed by atoms with Gasteiger partial charge < -0.3 is 11.1 Å². The van der Waals surface area contributed by atoms with Gasteiger partial charge in [0.2, 0.25) is 0 Å². The van der Waals surface area contributed by atoms with E-state index in [1.54, 1.807) is 38.5 Å². The normalized spacial score (nSPS) is 35.1. The van der Waals surface area contributed by atoms with Gasteiger partial charge in [0, 0.05) is 6.04 Å². The first kappa shape index (κ1) is 18.1. The Balaban J connectivity index is 1.26. The zero-order valence-corrected chi connectivity index (χ0v) is 15.7. The van der Waals surface area contributed by atoms with Crippen LogP contribution in [0.4, 0.5) is 4.79 Å². The maximum absolute atomic E-state index is 10.9. The standard InChI is InChI=1S/C21H38N2O/c1-2-19(23-20(22)24)8-6-4-3-5-7-9-21-13-16-10-17(14-21)12-18(11-16)15-21/h16-19H,2-15H2,1H3,(H3,22,23,24). The van der Waals surface area contributed by atoms with Gasteiger partial charge in [0.25, 0.3) is 0 Å². The smallest absolute Gasteiger partial charge is 0.312 e. The second kappa shape index (κ2) is 8.10. The van der Waals surface area contributed by atoms with Crippen molar-refractivity contribution in [3.8, 4) is 0 Å². The third kappa shape index (κ3) is 4.67. The summed E-state index contributed by atoms with van der Waals surface area (Å²) < 4.78 is 0. The molecule has 0 aliphatic heterocycles. The Morgan fingerprint density at radius 1 is 1.00 bits per heavy atom. The first-order valence-corrected chi connectivity index (χ1v) is 10.6. The van der Waals surface area contributed by atoms with Gasteiger partial charge in [-0.2, -0.15) is 0 Å². The predicted octanol–water partition coefficient (Wildman–Crippen LogP) is 5.38. The molecule has 4 rings (SSSR count). The van der Waals surface area contributed by atoms with Crippen LogP contribution in [0.2, 0.25) is 0 Å². The molecule has 3 nitrogen and oxygen atoms in total. The maximum Gasteiger partial charge on any atom is 0.312 e. The number of carbonyl (C=O) groups is 1. The molecule has 0 radical (unpaired) electrons. The second-order valence-corrected chi connectivity index (χ2v) is 9.34. The number of nitrogens with one attached hydrogen (secondary N) is 1. The van der Waals surface area contributed by atoms with E-state index < -0.39 is 0 Å². The Bertz CT molecular complexity index is 385. The number of primary amides is 1. The highest BCUT2D eigenvalue weighted by Crippen LogP contribution is 2.61. The van der Waals surface area contributed by atoms with Gasteiger partial charge in [0.05, 0.1) is 0 Å². The first-order valence-electron chi connectivity index (χ1n) is 10.6. The fourth-order valence-corrected chi connectivity index (χ4v) is 6.60. The highest BCUT2D eigenvalue weighted by molar-refractivity contribution is 5.71. The van der Waals surface area contributed by atoms with Crippen LogP contribution in [-0.4, -0.2) is 12.1 Å². The van der Waals surface area contributed by atoms with Crippen LogP contribution >= 0.6 is 0 Å². The van der Waals surface area contributed by atoms with E-state index in [2.05, 4.69) is 12.2 Å². The number of hydrogen-bond acceptors (Lipinski definition) is 1. The predicted molar refractivity (Wildman–Crippen MR) is 99.7 cm³/mol. The quantitative estimate of drug-likeness (QED) is 0.518. The Kier molecular flexibility index (Phi) is 6.10. The van der Waals surface area contributed by atoms with Crippen molar-refractivity contribution in [3.63, 3.8) is 0 Å². The lowest BCUT2D eigenvalue weighted by Crippen LogP contribution is -2.45. The number of urea groups is 1. The molecule has 4 bridgehead atoms. The van der Waals surface area contributed by atoms with Crippen molar-refractivity contribution in [1.82, 2.24) is 5.32 Å². The zero-order valence-electron chi connectivity index (χ0n) is 15.7. The van der Waals surface area contributed by atoms with Gasteiger partial charge in [-0.05, 0) is 81.0 Å². The van der Waals surface area contributed by atoms with Gasteiger partial charge in [0.1, 0.15) is 0 Å². The molecule has 1 unspecified atom stereocenters. The van der Waals surface area contributed by atoms with Gasteiger partial charge in [-0.15, -0.1) is 0 Å². The van der Waals surface area contributed by atoms with E-state index >= 15 is 0 Å². The number of hydrogen-bond donors (Lipinski definition) is 2. The van der Waals surface area contributed by atoms with Crippen molar-refractivity contribution in [2.75, 3.05) is 0 Å². The summed E-state index contributed by atoms with van der Waals surface area (Å²) in [6.45, 7) is 2.12. The minimum atomic E-state index is -0.377. The summed E-state index contributed by atoms with van der Waals surface area (Å²) in [5.41, 5.74) is 5.98. The zero-order chi connectivity index (χ0) is 17.0. The van der Waals surface area contributed by atoms with E-state index in [0.717, 1.165) is 36.0 Å². The second-order valence-electron chi connectivity index (χ2n) is 9.34. The average Bonchev–Trinajstić information content (AvgIpc) is 2.51. The van der Waals surface area contributed by atoms with Gasteiger partial charge in [-0.1, -0.05) is 39.0 Å². The molecule has 2 amide bonds. The maximum atomic E-state index is 10.9. The van der Waals surface area contributed by atoms with Gasteiger partial charge in [0.15, 0.2) is 0 Å². The van der Waals surface area contributed by atoms with Gasteiger partial charge in [-0.25, -0.2) is 4.79 Å². The van der Waals surface area contributed by atoms with Crippen molar-refractivity contribution in [3.05, 3.63) is 0 Å². The molecule has 24 heavy (non-hydrogen) atoms. The van der Waals surface area contributed by atoms with Crippen molar-refractivity contribution < 1.29 is 4.79 Å². The molecule has 4 aliphatic carbocycles. The third-order valence-corrected chi connectivity index (χ3v) is 7.26. The number of rotatable bonds is 10. The van der Waals surface area contributed by atoms with E-state index in [-0.39, 0.29) is 12.1 Å². The van der Waals surface area contributed by atoms with Crippen LogP contribution in [0, 0.1) is 23.2 Å². The molecular formula is C21H38N2O. The molecule has 0 spiro atoms. The Morgan fingerprint density at radius 3 is 2.08 bits per heavy atom. The summed E-state index contributed by atoms with van der Waals surface area (Å²) in [6, 6.07) is -0.105. The van der Waals surface area contributed by atoms with Gasteiger partial charge in [-0.3, -0.25) is 0 Å². The summed E-state index contributed by atoms with van der Waals surface area (Å²) in [4.78, 5) is 10.9. The minimum absolute atomic E-state index is 0.273. The van der Waals surface area contributed by atoms with E-state index in [9.17, 15) is 4.79 Å². The molecule has 4 aliphatic rings. The number of amides is 2. The molecule has 3 heteroatoms. The Hall–Kier alpha value is -0.730. The molecule has 0 saturated heterocycles. The SMILES string of the molecule is CCC(CCCCCCCC12CC3CC(CC(C3)C1)C2)NC(N)=O. The fraction of sp³-hybridized carbons (Fsp3) is 0.952. The van der Waals surface area contributed by atoms with E-state index in [0.29, 0.717) is 0 Å². The number of unbranched alkanes of at least 4 members (excludes halogenated alkanes) is 4. The summed E-state index contributed by atoms with van der Waals surface area (Å²) in [7, 11) is 0. The highest BCUT2D eigenvalue weighted by Gasteiger charge is 2.50. The molecule has 4 fully saturated rings. The fourth-order valence-electron chi connectivity index (χ4n) is 6.60. The first-order chi connectivity index (χ1) is 11.6. The number of carbonyl (C=O) groups excluding carboxylic acids is 1. The summed E-state index contributed by atoms with van der Waals surface area (Å²) >= 11 is 0. The Labute approximate surface area is 148 Å². The molecule has 0 aromatic heterocycles. The van der Waals surface area contributed by atoms with Crippen LogP contribution in [0.3, 0.4) is 0 Å². The van der Waals surface area contributed by atoms with Crippen LogP contribution in [0.25, 0.3) is 0 Å². The third-order valence-electron chi connectivity index (χ3n) is 7.26. The van der Waals surface area contributed by atoms with Crippen molar-refractivity contribution in [1.29, 1.82) is 0 Å². The monoisotopic (exact) mass is 334 g/mol. The van der Waals surface area contributed by atoms with E-state index in [1.807, 2.05) is 0 Å². The van der Waals surface area contributed by atoms with Crippen LogP contribution in [0.5, 0.6) is 0 Å². The molecule has 1 atom stereocenters. The summed E-state index contributed by atoms with van der Waals surface area (Å²) in [6.07, 6.45) is 19.7. The van der Waals surface area contributed by atoms with Crippen molar-refractivity contribution in [2.24, 2.45) is 28.9 Å². The van der Waals surface area contributed by atoms with Crippen LogP contribution < -0.4 is 11.1 Å². The minimum Gasteiger partial charge on any atom is -0.352 e. The highest BCUT2D eigenvalue weighted by atomic mass is 16.2. The molecule has 138 valence electrons. The van der Waals surface area contributed by atoms with E-state index in [4.69, 9.17) is 5.73 Å². The summed E-state index contributed by atoms with van der Waals surface area (Å²) in [5.74, 6) is 3.29. The van der Waals surface area contributed by atoms with Crippen molar-refractivity contribution in [2.45, 2.75) is 103 Å². The topological polar surface area (TPSA) is 55.1 Å². The lowest BCUT2D eigenvalue weighted by atomic mass is 9.48. The molecule has 3 N–H and O–H groups in total. The Morgan fingerprint density at radius 2 is 1.54 bits per heavy atom. The summed E-state index contributed by atoms with van der Waals surface area (Å²) in [5, 5.41) is 2.84. The lowest BCUT2D eigenvalue weighted by molar-refractivity contribution is -0.0583. The molecule has 4 saturated carbocycles. The van der Waals surface area contributed by atoms with Crippen LogP contribution in [0.1, 0.15) is 96.8 Å². The largest absolute Gasteiger partial charge is 0.352 e. The molecular weight excluding hydrogens is 296 g/mol. The molecule has 0 aromatic rings. The number of nitrogens with two attached hydrogens (primary N) is 1.